The number of furan rings is 2. The lowest BCUT2D eigenvalue weighted by molar-refractivity contribution is -0.117. The van der Waals surface area contributed by atoms with Crippen LogP contribution in [0.15, 0.2) is 81.0 Å². The van der Waals surface area contributed by atoms with Crippen LogP contribution in [0.4, 0.5) is 5.69 Å². The summed E-state index contributed by atoms with van der Waals surface area (Å²) in [5, 5.41) is 12.0. The van der Waals surface area contributed by atoms with Gasteiger partial charge in [0.05, 0.1) is 11.8 Å². The molecule has 0 spiro atoms. The number of Topliss-reactive ketones (excluding diaryl/α,β-unsaturated/α-hetero) is 1. The van der Waals surface area contributed by atoms with Crippen molar-refractivity contribution in [3.8, 4) is 0 Å². The molecule has 5 rings (SSSR count). The number of benzene rings is 2. The number of ketones is 1. The number of anilines is 1. The number of carbonyl (C=O) groups excluding carboxylic acids is 2. The number of amides is 1. The van der Waals surface area contributed by atoms with E-state index < -0.39 is 23.5 Å². The zero-order valence-electron chi connectivity index (χ0n) is 17.3. The Bertz CT molecular complexity index is 1410. The molecule has 1 unspecified atom stereocenters. The standard InChI is InChI=1S/C25H18ClNO5/c1-13-5-7-17(14(2)10-13)27-22(19-4-3-9-31-19)21(24(29)25(27)30)23(28)20-12-15-11-16(26)6-8-18(15)32-20/h3-12,22,29H,1-2H3. The molecule has 160 valence electrons. The first-order chi connectivity index (χ1) is 15.3. The van der Waals surface area contributed by atoms with Crippen LogP contribution in [-0.4, -0.2) is 16.8 Å². The zero-order chi connectivity index (χ0) is 22.6. The van der Waals surface area contributed by atoms with Gasteiger partial charge in [-0.2, -0.15) is 0 Å². The Morgan fingerprint density at radius 2 is 1.91 bits per heavy atom. The molecule has 2 aromatic carbocycles. The molecule has 1 amide bonds. The lowest BCUT2D eigenvalue weighted by Crippen LogP contribution is -2.31. The maximum atomic E-state index is 13.5. The van der Waals surface area contributed by atoms with Crippen LogP contribution >= 0.6 is 11.6 Å². The smallest absolute Gasteiger partial charge is 0.294 e. The maximum Gasteiger partial charge on any atom is 0.294 e. The van der Waals surface area contributed by atoms with E-state index in [1.54, 1.807) is 42.5 Å². The van der Waals surface area contributed by atoms with Gasteiger partial charge in [-0.1, -0.05) is 29.3 Å². The van der Waals surface area contributed by atoms with Gasteiger partial charge in [-0.3, -0.25) is 14.5 Å². The Hall–Kier alpha value is -3.77. The van der Waals surface area contributed by atoms with Gasteiger partial charge in [0, 0.05) is 16.1 Å². The number of aliphatic hydroxyl groups is 1. The van der Waals surface area contributed by atoms with Gasteiger partial charge in [0.25, 0.3) is 5.91 Å². The summed E-state index contributed by atoms with van der Waals surface area (Å²) in [5.41, 5.74) is 2.81. The fourth-order valence-corrected chi connectivity index (χ4v) is 4.32. The van der Waals surface area contributed by atoms with Gasteiger partial charge in [-0.05, 0) is 61.9 Å². The first kappa shape index (κ1) is 20.2. The summed E-state index contributed by atoms with van der Waals surface area (Å²) in [6.07, 6.45) is 1.46. The molecule has 3 heterocycles. The SMILES string of the molecule is Cc1ccc(N2C(=O)C(O)=C(C(=O)c3cc4cc(Cl)ccc4o3)C2c2ccco2)c(C)c1. The molecule has 1 aliphatic heterocycles. The third kappa shape index (κ3) is 3.11. The number of carbonyl (C=O) groups is 2. The lowest BCUT2D eigenvalue weighted by Gasteiger charge is -2.26. The summed E-state index contributed by atoms with van der Waals surface area (Å²) < 4.78 is 11.3. The van der Waals surface area contributed by atoms with Gasteiger partial charge in [-0.15, -0.1) is 0 Å². The van der Waals surface area contributed by atoms with Gasteiger partial charge < -0.3 is 13.9 Å². The van der Waals surface area contributed by atoms with E-state index in [9.17, 15) is 14.7 Å². The summed E-state index contributed by atoms with van der Waals surface area (Å²) in [7, 11) is 0. The van der Waals surface area contributed by atoms with Crippen molar-refractivity contribution in [3.63, 3.8) is 0 Å². The number of hydrogen-bond donors (Lipinski definition) is 1. The lowest BCUT2D eigenvalue weighted by atomic mass is 9.98. The zero-order valence-corrected chi connectivity index (χ0v) is 18.0. The minimum atomic E-state index is -0.941. The highest BCUT2D eigenvalue weighted by atomic mass is 35.5. The van der Waals surface area contributed by atoms with E-state index in [1.165, 1.54) is 11.2 Å². The minimum absolute atomic E-state index is 0.00403. The van der Waals surface area contributed by atoms with Crippen LogP contribution in [0.25, 0.3) is 11.0 Å². The molecular formula is C25H18ClNO5. The fraction of sp³-hybridized carbons (Fsp3) is 0.120. The molecule has 4 aromatic rings. The topological polar surface area (TPSA) is 83.9 Å². The Morgan fingerprint density at radius 3 is 2.62 bits per heavy atom. The van der Waals surface area contributed by atoms with Crippen LogP contribution in [0.5, 0.6) is 0 Å². The van der Waals surface area contributed by atoms with Gasteiger partial charge in [-0.25, -0.2) is 0 Å². The first-order valence-corrected chi connectivity index (χ1v) is 10.3. The van der Waals surface area contributed by atoms with E-state index in [1.807, 2.05) is 26.0 Å². The molecule has 0 fully saturated rings. The summed E-state index contributed by atoms with van der Waals surface area (Å²) in [6, 6.07) is 14.5. The third-order valence-corrected chi connectivity index (χ3v) is 5.81. The van der Waals surface area contributed by atoms with Crippen LogP contribution in [0.3, 0.4) is 0 Å². The molecular weight excluding hydrogens is 430 g/mol. The van der Waals surface area contributed by atoms with Crippen LogP contribution in [0.1, 0.15) is 33.5 Å². The largest absolute Gasteiger partial charge is 0.503 e. The number of nitrogens with zero attached hydrogens (tertiary/aromatic N) is 1. The second-order valence-electron chi connectivity index (χ2n) is 7.77. The summed E-state index contributed by atoms with van der Waals surface area (Å²) in [5.74, 6) is -1.56. The minimum Gasteiger partial charge on any atom is -0.503 e. The Morgan fingerprint density at radius 1 is 1.09 bits per heavy atom. The summed E-state index contributed by atoms with van der Waals surface area (Å²) in [6.45, 7) is 3.82. The second kappa shape index (κ2) is 7.43. The second-order valence-corrected chi connectivity index (χ2v) is 8.20. The van der Waals surface area contributed by atoms with Crippen LogP contribution < -0.4 is 4.90 Å². The van der Waals surface area contributed by atoms with Gasteiger partial charge >= 0.3 is 0 Å². The highest BCUT2D eigenvalue weighted by molar-refractivity contribution is 6.31. The number of aryl methyl sites for hydroxylation is 2. The van der Waals surface area contributed by atoms with E-state index in [0.717, 1.165) is 11.1 Å². The average Bonchev–Trinajstić information content (AvgIpc) is 3.47. The predicted octanol–water partition coefficient (Wildman–Crippen LogP) is 6.08. The van der Waals surface area contributed by atoms with Crippen molar-refractivity contribution < 1.29 is 23.5 Å². The quantitative estimate of drug-likeness (QED) is 0.383. The van der Waals surface area contributed by atoms with E-state index >= 15 is 0 Å². The van der Waals surface area contributed by atoms with Crippen molar-refractivity contribution in [3.05, 3.63) is 99.9 Å². The van der Waals surface area contributed by atoms with E-state index in [4.69, 9.17) is 20.4 Å². The monoisotopic (exact) mass is 447 g/mol. The highest BCUT2D eigenvalue weighted by Crippen LogP contribution is 2.43. The van der Waals surface area contributed by atoms with E-state index in [-0.39, 0.29) is 11.3 Å². The van der Waals surface area contributed by atoms with Gasteiger partial charge in [0.1, 0.15) is 17.4 Å². The first-order valence-electron chi connectivity index (χ1n) is 9.96. The average molecular weight is 448 g/mol. The molecule has 1 aliphatic rings. The molecule has 7 heteroatoms. The number of aliphatic hydroxyl groups excluding tert-OH is 1. The summed E-state index contributed by atoms with van der Waals surface area (Å²) in [4.78, 5) is 28.1. The number of hydrogen-bond acceptors (Lipinski definition) is 5. The molecule has 0 saturated carbocycles. The molecule has 0 aliphatic carbocycles. The van der Waals surface area contributed by atoms with Crippen molar-refractivity contribution in [1.29, 1.82) is 0 Å². The predicted molar refractivity (Wildman–Crippen MR) is 120 cm³/mol. The third-order valence-electron chi connectivity index (χ3n) is 5.58. The van der Waals surface area contributed by atoms with Crippen molar-refractivity contribution in [2.75, 3.05) is 4.90 Å². The number of halogens is 1. The maximum absolute atomic E-state index is 13.5. The molecule has 1 N–H and O–H groups in total. The van der Waals surface area contributed by atoms with Gasteiger partial charge in [0.2, 0.25) is 5.78 Å². The number of fused-ring (bicyclic) bond motifs is 1. The van der Waals surface area contributed by atoms with Gasteiger partial charge in [0.15, 0.2) is 11.5 Å². The van der Waals surface area contributed by atoms with Crippen molar-refractivity contribution >= 4 is 39.9 Å². The van der Waals surface area contributed by atoms with E-state index in [0.29, 0.717) is 27.4 Å². The van der Waals surface area contributed by atoms with Crippen molar-refractivity contribution in [2.45, 2.75) is 19.9 Å². The Kier molecular flexibility index (Phi) is 4.68. The number of rotatable bonds is 4. The highest BCUT2D eigenvalue weighted by Gasteiger charge is 2.47. The molecule has 32 heavy (non-hydrogen) atoms. The molecule has 0 bridgehead atoms. The van der Waals surface area contributed by atoms with Crippen molar-refractivity contribution in [1.82, 2.24) is 0 Å². The van der Waals surface area contributed by atoms with Crippen molar-refractivity contribution in [2.24, 2.45) is 0 Å². The normalized spacial score (nSPS) is 16.4. The molecule has 6 nitrogen and oxygen atoms in total. The Labute approximate surface area is 188 Å². The molecule has 1 atom stereocenters. The van der Waals surface area contributed by atoms with Crippen LogP contribution in [-0.2, 0) is 4.79 Å². The van der Waals surface area contributed by atoms with Crippen LogP contribution in [0.2, 0.25) is 5.02 Å². The molecule has 2 aromatic heterocycles. The molecule has 0 radical (unpaired) electrons. The fourth-order valence-electron chi connectivity index (χ4n) is 4.14. The molecule has 0 saturated heterocycles. The van der Waals surface area contributed by atoms with E-state index in [2.05, 4.69) is 0 Å². The van der Waals surface area contributed by atoms with Crippen LogP contribution in [0, 0.1) is 13.8 Å². The summed E-state index contributed by atoms with van der Waals surface area (Å²) >= 11 is 6.04. The Balaban J connectivity index is 1.65.